The number of phenolic OH excluding ortho intramolecular Hbond substituents is 1. The van der Waals surface area contributed by atoms with Gasteiger partial charge in [0, 0.05) is 19.4 Å². The van der Waals surface area contributed by atoms with Crippen LogP contribution < -0.4 is 32.3 Å². The maximum absolute atomic E-state index is 13.7. The van der Waals surface area contributed by atoms with Gasteiger partial charge < -0.3 is 42.5 Å². The first-order chi connectivity index (χ1) is 21.3. The average molecular weight is 642 g/mol. The van der Waals surface area contributed by atoms with E-state index in [-0.39, 0.29) is 31.1 Å². The van der Waals surface area contributed by atoms with Crippen LogP contribution in [-0.4, -0.2) is 81.9 Å². The number of phenols is 1. The average Bonchev–Trinajstić information content (AvgIpc) is 2.99. The van der Waals surface area contributed by atoms with Crippen LogP contribution >= 0.6 is 12.6 Å². The number of aromatic hydroxyl groups is 1. The molecule has 2 aromatic rings. The Morgan fingerprint density at radius 3 is 2.11 bits per heavy atom. The highest BCUT2D eigenvalue weighted by Gasteiger charge is 2.36. The van der Waals surface area contributed by atoms with Gasteiger partial charge >= 0.3 is 12.0 Å². The number of aliphatic imine (C=N–C) groups is 1. The van der Waals surface area contributed by atoms with Crippen molar-refractivity contribution in [2.75, 3.05) is 6.54 Å². The van der Waals surface area contributed by atoms with Crippen LogP contribution in [0.25, 0.3) is 0 Å². The molecule has 1 heterocycles. The van der Waals surface area contributed by atoms with E-state index in [0.717, 1.165) is 5.56 Å². The minimum absolute atomic E-state index is 0.00490. The summed E-state index contributed by atoms with van der Waals surface area (Å²) in [7, 11) is 0. The molecule has 0 bridgehead atoms. The van der Waals surface area contributed by atoms with Gasteiger partial charge in [0.2, 0.25) is 16.9 Å². The summed E-state index contributed by atoms with van der Waals surface area (Å²) in [5.41, 5.74) is 7.18. The Morgan fingerprint density at radius 1 is 0.911 bits per heavy atom. The lowest BCUT2D eigenvalue weighted by Gasteiger charge is -2.32. The Bertz CT molecular complexity index is 1390. The number of urea groups is 1. The normalized spacial score (nSPS) is 17.0. The van der Waals surface area contributed by atoms with Crippen molar-refractivity contribution in [3.05, 3.63) is 65.7 Å². The van der Waals surface area contributed by atoms with Crippen LogP contribution in [0.3, 0.4) is 0 Å². The number of carbonyl (C=O) groups is 5. The number of nitrogens with zero attached hydrogens (tertiary/aromatic N) is 1. The minimum Gasteiger partial charge on any atom is -0.508 e. The molecule has 1 aliphatic heterocycles. The molecule has 9 N–H and O–H groups in total. The SMILES string of the molecule is CC(C)[C@H](NC(=O)[C@@H](NC(=O)N[C@H](Cc1ccc(O)cc1)C(=O)O)[C@@H]1CCN=C(N)N1)C(=O)N[C@@H](Cc1ccccc1)C(=O)S. The smallest absolute Gasteiger partial charge is 0.326 e. The molecule has 1 aliphatic rings. The van der Waals surface area contributed by atoms with E-state index in [2.05, 4.69) is 44.2 Å². The predicted molar refractivity (Wildman–Crippen MR) is 170 cm³/mol. The molecule has 0 radical (unpaired) electrons. The molecule has 5 atom stereocenters. The highest BCUT2D eigenvalue weighted by Crippen LogP contribution is 2.13. The number of amides is 4. The summed E-state index contributed by atoms with van der Waals surface area (Å²) in [5.74, 6) is -3.05. The van der Waals surface area contributed by atoms with Crippen molar-refractivity contribution >= 4 is 47.5 Å². The largest absolute Gasteiger partial charge is 0.508 e. The van der Waals surface area contributed by atoms with Gasteiger partial charge in [0.25, 0.3) is 0 Å². The molecule has 0 aromatic heterocycles. The summed E-state index contributed by atoms with van der Waals surface area (Å²) in [4.78, 5) is 68.3. The third-order valence-corrected chi connectivity index (χ3v) is 7.46. The quantitative estimate of drug-likeness (QED) is 0.127. The molecule has 0 spiro atoms. The molecule has 0 fully saturated rings. The van der Waals surface area contributed by atoms with E-state index in [4.69, 9.17) is 5.73 Å². The summed E-state index contributed by atoms with van der Waals surface area (Å²) < 4.78 is 0. The number of guanidine groups is 1. The fourth-order valence-corrected chi connectivity index (χ4v) is 4.88. The molecule has 2 aromatic carbocycles. The third-order valence-electron chi connectivity index (χ3n) is 7.15. The number of carboxylic acid groups (broad SMARTS) is 1. The molecule has 242 valence electrons. The fourth-order valence-electron chi connectivity index (χ4n) is 4.73. The van der Waals surface area contributed by atoms with E-state index in [1.165, 1.54) is 24.3 Å². The van der Waals surface area contributed by atoms with E-state index in [9.17, 15) is 34.2 Å². The second-order valence-electron chi connectivity index (χ2n) is 11.0. The molecule has 0 saturated carbocycles. The molecular formula is C30H39N7O7S. The monoisotopic (exact) mass is 641 g/mol. The van der Waals surface area contributed by atoms with E-state index in [0.29, 0.717) is 12.0 Å². The standard InChI is InChI=1S/C30H39N7O7S/c1-16(2)23(25(39)33-22(28(43)45)15-17-6-4-3-5-7-17)36-26(40)24(20-12-13-32-29(31)34-20)37-30(44)35-21(27(41)42)14-18-8-10-19(38)11-9-18/h3-11,16,20-24,38H,12-15H2,1-2H3,(H,33,39)(H,36,40)(H,41,42)(H,43,45)(H3,31,32,34)(H2,35,37,44)/t20-,21+,22-,23-,24-/m0/s1. The zero-order chi connectivity index (χ0) is 33.1. The second kappa shape index (κ2) is 16.3. The van der Waals surface area contributed by atoms with Crippen molar-refractivity contribution in [3.63, 3.8) is 0 Å². The lowest BCUT2D eigenvalue weighted by molar-refractivity contribution is -0.139. The highest BCUT2D eigenvalue weighted by atomic mass is 32.1. The van der Waals surface area contributed by atoms with Gasteiger partial charge in [0.1, 0.15) is 29.9 Å². The highest BCUT2D eigenvalue weighted by molar-refractivity contribution is 7.96. The maximum atomic E-state index is 13.7. The Hall–Kier alpha value is -4.79. The molecule has 4 amide bonds. The molecule has 0 unspecified atom stereocenters. The van der Waals surface area contributed by atoms with Gasteiger partial charge in [0.05, 0.1) is 6.04 Å². The van der Waals surface area contributed by atoms with Crippen molar-refractivity contribution in [3.8, 4) is 5.75 Å². The van der Waals surface area contributed by atoms with E-state index in [1.54, 1.807) is 26.0 Å². The molecule has 45 heavy (non-hydrogen) atoms. The van der Waals surface area contributed by atoms with Crippen LogP contribution in [0, 0.1) is 5.92 Å². The first kappa shape index (κ1) is 34.7. The zero-order valence-corrected chi connectivity index (χ0v) is 25.8. The minimum atomic E-state index is -1.36. The molecule has 14 nitrogen and oxygen atoms in total. The van der Waals surface area contributed by atoms with Crippen molar-refractivity contribution < 1.29 is 34.2 Å². The Kier molecular flexibility index (Phi) is 12.6. The topological polar surface area (TPSA) is 224 Å². The molecule has 15 heteroatoms. The number of hydrogen-bond donors (Lipinski definition) is 9. The molecule has 0 aliphatic carbocycles. The zero-order valence-electron chi connectivity index (χ0n) is 24.9. The van der Waals surface area contributed by atoms with Crippen LogP contribution in [0.2, 0.25) is 0 Å². The van der Waals surface area contributed by atoms with Gasteiger partial charge in [-0.15, -0.1) is 12.6 Å². The third kappa shape index (κ3) is 10.7. The second-order valence-corrected chi connectivity index (χ2v) is 11.4. The van der Waals surface area contributed by atoms with E-state index in [1.807, 2.05) is 18.2 Å². The number of nitrogens with two attached hydrogens (primary N) is 1. The van der Waals surface area contributed by atoms with Gasteiger partial charge in [-0.05, 0) is 35.6 Å². The molecule has 3 rings (SSSR count). The number of carbonyl (C=O) groups excluding carboxylic acids is 4. The summed E-state index contributed by atoms with van der Waals surface area (Å²) in [5, 5.41) is 31.8. The predicted octanol–water partition coefficient (Wildman–Crippen LogP) is 0.0570. The van der Waals surface area contributed by atoms with Crippen LogP contribution in [0.1, 0.15) is 31.4 Å². The Labute approximate surface area is 266 Å². The summed E-state index contributed by atoms with van der Waals surface area (Å²) >= 11 is 3.93. The van der Waals surface area contributed by atoms with Crippen molar-refractivity contribution in [1.82, 2.24) is 26.6 Å². The number of hydrogen-bond acceptors (Lipinski definition) is 9. The summed E-state index contributed by atoms with van der Waals surface area (Å²) in [6.07, 6.45) is 0.392. The number of aliphatic carboxylic acids is 1. The maximum Gasteiger partial charge on any atom is 0.326 e. The van der Waals surface area contributed by atoms with Crippen LogP contribution in [0.5, 0.6) is 5.75 Å². The number of nitrogens with one attached hydrogen (secondary N) is 5. The van der Waals surface area contributed by atoms with Gasteiger partial charge in [-0.3, -0.25) is 19.4 Å². The van der Waals surface area contributed by atoms with Gasteiger partial charge in [-0.2, -0.15) is 0 Å². The first-order valence-electron chi connectivity index (χ1n) is 14.4. The summed E-state index contributed by atoms with van der Waals surface area (Å²) in [6.45, 7) is 3.67. The first-order valence-corrected chi connectivity index (χ1v) is 14.8. The Balaban J connectivity index is 1.75. The number of benzene rings is 2. The number of thiol groups is 1. The van der Waals surface area contributed by atoms with Gasteiger partial charge in [0.15, 0.2) is 5.96 Å². The lowest BCUT2D eigenvalue weighted by atomic mass is 9.99. The van der Waals surface area contributed by atoms with Crippen LogP contribution in [-0.2, 0) is 32.0 Å². The van der Waals surface area contributed by atoms with Crippen molar-refractivity contribution in [1.29, 1.82) is 0 Å². The number of carboxylic acids is 1. The number of rotatable bonds is 14. The van der Waals surface area contributed by atoms with Gasteiger partial charge in [-0.1, -0.05) is 56.3 Å². The molecule has 0 saturated heterocycles. The van der Waals surface area contributed by atoms with Crippen LogP contribution in [0.15, 0.2) is 59.6 Å². The van der Waals surface area contributed by atoms with Gasteiger partial charge in [-0.25, -0.2) is 9.59 Å². The van der Waals surface area contributed by atoms with E-state index < -0.39 is 65.1 Å². The fraction of sp³-hybridized carbons (Fsp3) is 0.400. The van der Waals surface area contributed by atoms with Crippen LogP contribution in [0.4, 0.5) is 4.79 Å². The van der Waals surface area contributed by atoms with E-state index >= 15 is 0 Å². The van der Waals surface area contributed by atoms with Crippen molar-refractivity contribution in [2.24, 2.45) is 16.6 Å². The summed E-state index contributed by atoms with van der Waals surface area (Å²) in [6, 6.07) is 8.48. The lowest BCUT2D eigenvalue weighted by Crippen LogP contribution is -2.65. The molecular weight excluding hydrogens is 602 g/mol. The van der Waals surface area contributed by atoms with Crippen molar-refractivity contribution in [2.45, 2.75) is 63.3 Å². The Morgan fingerprint density at radius 2 is 1.53 bits per heavy atom.